The highest BCUT2D eigenvalue weighted by atomic mass is 32.1. The number of rotatable bonds is 9. The van der Waals surface area contributed by atoms with Crippen LogP contribution < -0.4 is 18.9 Å². The van der Waals surface area contributed by atoms with Crippen molar-refractivity contribution < 1.29 is 27.8 Å². The van der Waals surface area contributed by atoms with Gasteiger partial charge in [0.05, 0.1) is 25.8 Å². The molecule has 0 N–H and O–H groups in total. The molecule has 0 aliphatic rings. The molecule has 0 saturated carbocycles. The molecule has 3 aromatic carbocycles. The Morgan fingerprint density at radius 1 is 0.895 bits per heavy atom. The molecule has 0 aliphatic carbocycles. The van der Waals surface area contributed by atoms with Gasteiger partial charge in [-0.3, -0.25) is 0 Å². The van der Waals surface area contributed by atoms with E-state index in [1.54, 1.807) is 43.1 Å². The molecule has 0 amide bonds. The first-order valence-electron chi connectivity index (χ1n) is 11.7. The summed E-state index contributed by atoms with van der Waals surface area (Å²) in [4.78, 5) is 5.27. The summed E-state index contributed by atoms with van der Waals surface area (Å²) >= 11 is 1.33. The first kappa shape index (κ1) is 23.8. The van der Waals surface area contributed by atoms with E-state index < -0.39 is 5.82 Å². The molecule has 0 spiro atoms. The SMILES string of the molecule is COc1cc(OCc2cc(F)cc(OCc3ccccc3)c2)c2cc(-c3cn4nc(OC)sc4n3)oc2c1. The van der Waals surface area contributed by atoms with Gasteiger partial charge in [0.1, 0.15) is 47.6 Å². The molecule has 0 bridgehead atoms. The summed E-state index contributed by atoms with van der Waals surface area (Å²) in [5.74, 6) is 1.68. The smallest absolute Gasteiger partial charge is 0.294 e. The van der Waals surface area contributed by atoms with E-state index in [0.717, 1.165) is 10.9 Å². The van der Waals surface area contributed by atoms with Gasteiger partial charge in [-0.15, -0.1) is 5.10 Å². The van der Waals surface area contributed by atoms with Crippen molar-refractivity contribution in [3.8, 4) is 33.9 Å². The Kier molecular flexibility index (Phi) is 6.30. The third-order valence-corrected chi connectivity index (χ3v) is 6.72. The molecule has 192 valence electrons. The molecule has 3 aromatic heterocycles. The Morgan fingerprint density at radius 2 is 1.74 bits per heavy atom. The van der Waals surface area contributed by atoms with Gasteiger partial charge in [0, 0.05) is 18.2 Å². The molecule has 38 heavy (non-hydrogen) atoms. The summed E-state index contributed by atoms with van der Waals surface area (Å²) in [6.07, 6.45) is 1.77. The second kappa shape index (κ2) is 10.1. The first-order chi connectivity index (χ1) is 18.6. The van der Waals surface area contributed by atoms with Crippen LogP contribution in [0.25, 0.3) is 27.4 Å². The van der Waals surface area contributed by atoms with Crippen LogP contribution in [-0.4, -0.2) is 28.8 Å². The maximum atomic E-state index is 14.4. The van der Waals surface area contributed by atoms with Gasteiger partial charge >= 0.3 is 0 Å². The topological polar surface area (TPSA) is 80.2 Å². The van der Waals surface area contributed by atoms with Crippen molar-refractivity contribution in [3.63, 3.8) is 0 Å². The van der Waals surface area contributed by atoms with Crippen LogP contribution in [0.15, 0.2) is 77.3 Å². The van der Waals surface area contributed by atoms with Crippen molar-refractivity contribution in [1.82, 2.24) is 14.6 Å². The van der Waals surface area contributed by atoms with Crippen molar-refractivity contribution in [1.29, 1.82) is 0 Å². The monoisotopic (exact) mass is 531 g/mol. The maximum absolute atomic E-state index is 14.4. The molecule has 0 aliphatic heterocycles. The summed E-state index contributed by atoms with van der Waals surface area (Å²) in [6.45, 7) is 0.457. The second-order valence-electron chi connectivity index (χ2n) is 8.43. The molecule has 0 atom stereocenters. The van der Waals surface area contributed by atoms with Gasteiger partial charge in [-0.25, -0.2) is 13.9 Å². The van der Waals surface area contributed by atoms with Crippen molar-refractivity contribution in [2.45, 2.75) is 13.2 Å². The lowest BCUT2D eigenvalue weighted by Crippen LogP contribution is -2.00. The van der Waals surface area contributed by atoms with E-state index in [-0.39, 0.29) is 6.61 Å². The van der Waals surface area contributed by atoms with Gasteiger partial charge in [0.15, 0.2) is 5.76 Å². The molecule has 0 radical (unpaired) electrons. The lowest BCUT2D eigenvalue weighted by Gasteiger charge is -2.11. The minimum atomic E-state index is -0.402. The number of ether oxygens (including phenoxy) is 4. The van der Waals surface area contributed by atoms with Crippen molar-refractivity contribution in [3.05, 3.63) is 89.9 Å². The lowest BCUT2D eigenvalue weighted by atomic mass is 10.2. The summed E-state index contributed by atoms with van der Waals surface area (Å²) in [5, 5.41) is 5.57. The van der Waals surface area contributed by atoms with Gasteiger partial charge in [-0.1, -0.05) is 30.3 Å². The number of halogens is 1. The number of imidazole rings is 1. The molecular formula is C28H22FN3O5S. The highest BCUT2D eigenvalue weighted by Gasteiger charge is 2.17. The van der Waals surface area contributed by atoms with Crippen LogP contribution in [0.5, 0.6) is 22.4 Å². The normalized spacial score (nSPS) is 11.2. The Bertz CT molecular complexity index is 1700. The fraction of sp³-hybridized carbons (Fsp3) is 0.143. The Morgan fingerprint density at radius 3 is 2.53 bits per heavy atom. The third kappa shape index (κ3) is 4.85. The summed E-state index contributed by atoms with van der Waals surface area (Å²) in [5.41, 5.74) is 2.82. The van der Waals surface area contributed by atoms with E-state index >= 15 is 0 Å². The Labute approximate surface area is 220 Å². The summed E-state index contributed by atoms with van der Waals surface area (Å²) < 4.78 is 44.6. The number of aromatic nitrogens is 3. The van der Waals surface area contributed by atoms with Gasteiger partial charge < -0.3 is 23.4 Å². The molecule has 6 rings (SSSR count). The summed E-state index contributed by atoms with van der Waals surface area (Å²) in [7, 11) is 3.13. The van der Waals surface area contributed by atoms with E-state index in [1.165, 1.54) is 23.5 Å². The quantitative estimate of drug-likeness (QED) is 0.210. The average molecular weight is 532 g/mol. The van der Waals surface area contributed by atoms with Gasteiger partial charge in [-0.2, -0.15) is 0 Å². The van der Waals surface area contributed by atoms with Gasteiger partial charge in [0.25, 0.3) is 5.19 Å². The predicted octanol–water partition coefficient (Wildman–Crippen LogP) is 6.52. The van der Waals surface area contributed by atoms with E-state index in [9.17, 15) is 4.39 Å². The van der Waals surface area contributed by atoms with Gasteiger partial charge in [0.2, 0.25) is 4.96 Å². The standard InChI is InChI=1S/C28H22FN3O5S/c1-33-20-11-24(36-16-18-8-19(29)10-21(9-18)35-15-17-6-4-3-5-7-17)22-13-26(37-25(22)12-20)23-14-32-27(30-23)38-28(31-32)34-2/h3-14H,15-16H2,1-2H3. The van der Waals surface area contributed by atoms with E-state index in [1.807, 2.05) is 36.4 Å². The number of methoxy groups -OCH3 is 2. The number of fused-ring (bicyclic) bond motifs is 2. The summed E-state index contributed by atoms with van der Waals surface area (Å²) in [6, 6.07) is 19.7. The third-order valence-electron chi connectivity index (χ3n) is 5.83. The minimum absolute atomic E-state index is 0.117. The largest absolute Gasteiger partial charge is 0.496 e. The van der Waals surface area contributed by atoms with Crippen LogP contribution >= 0.6 is 11.3 Å². The molecule has 10 heteroatoms. The lowest BCUT2D eigenvalue weighted by molar-refractivity contribution is 0.294. The number of furan rings is 1. The maximum Gasteiger partial charge on any atom is 0.294 e. The molecule has 8 nitrogen and oxygen atoms in total. The van der Waals surface area contributed by atoms with E-state index in [4.69, 9.17) is 23.4 Å². The minimum Gasteiger partial charge on any atom is -0.496 e. The average Bonchev–Trinajstić information content (AvgIpc) is 3.64. The van der Waals surface area contributed by atoms with Crippen LogP contribution in [0, 0.1) is 5.82 Å². The van der Waals surface area contributed by atoms with Crippen LogP contribution in [0.1, 0.15) is 11.1 Å². The molecular weight excluding hydrogens is 509 g/mol. The fourth-order valence-electron chi connectivity index (χ4n) is 4.02. The van der Waals surface area contributed by atoms with Crippen LogP contribution in [0.4, 0.5) is 4.39 Å². The van der Waals surface area contributed by atoms with Crippen molar-refractivity contribution in [2.75, 3.05) is 14.2 Å². The molecule has 0 saturated heterocycles. The number of benzene rings is 3. The number of nitrogens with zero attached hydrogens (tertiary/aromatic N) is 3. The molecule has 6 aromatic rings. The highest BCUT2D eigenvalue weighted by Crippen LogP contribution is 2.37. The van der Waals surface area contributed by atoms with Crippen molar-refractivity contribution in [2.24, 2.45) is 0 Å². The Balaban J connectivity index is 1.25. The number of hydrogen-bond donors (Lipinski definition) is 0. The number of hydrogen-bond acceptors (Lipinski definition) is 8. The zero-order valence-corrected chi connectivity index (χ0v) is 21.3. The van der Waals surface area contributed by atoms with Crippen LogP contribution in [-0.2, 0) is 13.2 Å². The zero-order chi connectivity index (χ0) is 26.1. The van der Waals surface area contributed by atoms with Crippen molar-refractivity contribution >= 4 is 27.3 Å². The molecule has 0 fully saturated rings. The van der Waals surface area contributed by atoms with Crippen LogP contribution in [0.3, 0.4) is 0 Å². The highest BCUT2D eigenvalue weighted by molar-refractivity contribution is 7.18. The Hall–Kier alpha value is -4.57. The molecule has 0 unspecified atom stereocenters. The second-order valence-corrected chi connectivity index (χ2v) is 9.35. The fourth-order valence-corrected chi connectivity index (χ4v) is 4.72. The zero-order valence-electron chi connectivity index (χ0n) is 20.5. The first-order valence-corrected chi connectivity index (χ1v) is 12.5. The predicted molar refractivity (Wildman–Crippen MR) is 141 cm³/mol. The van der Waals surface area contributed by atoms with E-state index in [2.05, 4.69) is 10.1 Å². The molecule has 3 heterocycles. The van der Waals surface area contributed by atoms with E-state index in [0.29, 0.717) is 56.6 Å². The van der Waals surface area contributed by atoms with Crippen LogP contribution in [0.2, 0.25) is 0 Å². The van der Waals surface area contributed by atoms with Gasteiger partial charge in [-0.05, 0) is 40.7 Å².